The summed E-state index contributed by atoms with van der Waals surface area (Å²) >= 11 is 3.09. The van der Waals surface area contributed by atoms with E-state index in [0.717, 1.165) is 5.56 Å². The zero-order valence-electron chi connectivity index (χ0n) is 13.3. The highest BCUT2D eigenvalue weighted by atomic mass is 32.2. The van der Waals surface area contributed by atoms with Crippen LogP contribution in [0.2, 0.25) is 0 Å². The summed E-state index contributed by atoms with van der Waals surface area (Å²) in [6.45, 7) is 4.29. The third kappa shape index (κ3) is 5.11. The Hall–Kier alpha value is -1.79. The average molecular weight is 349 g/mol. The van der Waals surface area contributed by atoms with Crippen LogP contribution in [-0.4, -0.2) is 24.2 Å². The zero-order valence-corrected chi connectivity index (χ0v) is 14.9. The summed E-state index contributed by atoms with van der Waals surface area (Å²) in [6, 6.07) is 9.61. The number of rotatable bonds is 6. The molecule has 0 atom stereocenters. The molecule has 0 bridgehead atoms. The second-order valence-corrected chi connectivity index (χ2v) is 7.76. The number of anilines is 1. The molecule has 6 heteroatoms. The van der Waals surface area contributed by atoms with Crippen LogP contribution in [0.15, 0.2) is 40.6 Å². The molecule has 0 aliphatic heterocycles. The van der Waals surface area contributed by atoms with Gasteiger partial charge in [0.15, 0.2) is 0 Å². The maximum absolute atomic E-state index is 12.1. The lowest BCUT2D eigenvalue weighted by atomic mass is 10.1. The van der Waals surface area contributed by atoms with Gasteiger partial charge in [-0.05, 0) is 29.1 Å². The van der Waals surface area contributed by atoms with E-state index in [1.54, 1.807) is 23.2 Å². The lowest BCUT2D eigenvalue weighted by molar-refractivity contribution is -0.115. The molecule has 0 radical (unpaired) electrons. The molecule has 1 aromatic carbocycles. The molecule has 0 saturated heterocycles. The Balaban J connectivity index is 1.97. The van der Waals surface area contributed by atoms with E-state index in [1.165, 1.54) is 23.3 Å². The molecule has 0 unspecified atom stereocenters. The van der Waals surface area contributed by atoms with Gasteiger partial charge in [-0.2, -0.15) is 0 Å². The number of hydrogen-bond acceptors (Lipinski definition) is 5. The van der Waals surface area contributed by atoms with Gasteiger partial charge in [-0.3, -0.25) is 4.79 Å². The van der Waals surface area contributed by atoms with Crippen LogP contribution in [0.3, 0.4) is 0 Å². The smallest absolute Gasteiger partial charge is 0.340 e. The predicted molar refractivity (Wildman–Crippen MR) is 95.4 cm³/mol. The SMILES string of the molecule is COC(=O)c1ccsc1NC(=O)Cc1ccc(SC(C)C)cc1. The Morgan fingerprint density at radius 2 is 1.91 bits per heavy atom. The van der Waals surface area contributed by atoms with E-state index in [0.29, 0.717) is 15.8 Å². The highest BCUT2D eigenvalue weighted by Crippen LogP contribution is 2.25. The third-order valence-corrected chi connectivity index (χ3v) is 4.83. The van der Waals surface area contributed by atoms with E-state index >= 15 is 0 Å². The molecular weight excluding hydrogens is 330 g/mol. The summed E-state index contributed by atoms with van der Waals surface area (Å²) in [7, 11) is 1.32. The van der Waals surface area contributed by atoms with Crippen LogP contribution in [0.4, 0.5) is 5.00 Å². The van der Waals surface area contributed by atoms with Crippen LogP contribution in [0.25, 0.3) is 0 Å². The number of carbonyl (C=O) groups excluding carboxylic acids is 2. The van der Waals surface area contributed by atoms with E-state index in [1.807, 2.05) is 24.3 Å². The average Bonchev–Trinajstić information content (AvgIpc) is 2.96. The summed E-state index contributed by atoms with van der Waals surface area (Å²) < 4.78 is 4.69. The minimum absolute atomic E-state index is 0.151. The van der Waals surface area contributed by atoms with Gasteiger partial charge in [-0.25, -0.2) is 4.79 Å². The normalized spacial score (nSPS) is 10.6. The van der Waals surface area contributed by atoms with E-state index in [9.17, 15) is 9.59 Å². The van der Waals surface area contributed by atoms with Crippen molar-refractivity contribution >= 4 is 40.0 Å². The van der Waals surface area contributed by atoms with Crippen LogP contribution in [-0.2, 0) is 16.0 Å². The van der Waals surface area contributed by atoms with Gasteiger partial charge in [-0.15, -0.1) is 23.1 Å². The van der Waals surface area contributed by atoms with Crippen molar-refractivity contribution in [3.05, 3.63) is 46.8 Å². The van der Waals surface area contributed by atoms with Gasteiger partial charge in [0.05, 0.1) is 19.1 Å². The summed E-state index contributed by atoms with van der Waals surface area (Å²) in [6.07, 6.45) is 0.269. The van der Waals surface area contributed by atoms with Gasteiger partial charge in [0, 0.05) is 10.1 Å². The first-order valence-corrected chi connectivity index (χ1v) is 8.96. The number of carbonyl (C=O) groups is 2. The topological polar surface area (TPSA) is 55.4 Å². The maximum Gasteiger partial charge on any atom is 0.340 e. The van der Waals surface area contributed by atoms with Gasteiger partial charge in [0.2, 0.25) is 5.91 Å². The molecule has 1 aromatic heterocycles. The largest absolute Gasteiger partial charge is 0.465 e. The lowest BCUT2D eigenvalue weighted by Crippen LogP contribution is -2.15. The number of amides is 1. The fraction of sp³-hybridized carbons (Fsp3) is 0.294. The molecule has 0 fully saturated rings. The molecule has 2 rings (SSSR count). The quantitative estimate of drug-likeness (QED) is 0.627. The van der Waals surface area contributed by atoms with Crippen molar-refractivity contribution in [2.45, 2.75) is 30.4 Å². The van der Waals surface area contributed by atoms with Gasteiger partial charge in [0.25, 0.3) is 0 Å². The molecule has 0 aliphatic rings. The highest BCUT2D eigenvalue weighted by Gasteiger charge is 2.15. The summed E-state index contributed by atoms with van der Waals surface area (Å²) in [5.74, 6) is -0.599. The number of esters is 1. The van der Waals surface area contributed by atoms with E-state index in [-0.39, 0.29) is 12.3 Å². The molecule has 1 amide bonds. The Morgan fingerprint density at radius 1 is 1.22 bits per heavy atom. The van der Waals surface area contributed by atoms with Crippen molar-refractivity contribution in [1.29, 1.82) is 0 Å². The lowest BCUT2D eigenvalue weighted by Gasteiger charge is -2.07. The van der Waals surface area contributed by atoms with Crippen LogP contribution >= 0.6 is 23.1 Å². The molecule has 1 N–H and O–H groups in total. The van der Waals surface area contributed by atoms with Crippen molar-refractivity contribution in [3.8, 4) is 0 Å². The molecule has 1 heterocycles. The summed E-state index contributed by atoms with van der Waals surface area (Å²) in [4.78, 5) is 24.9. The molecule has 0 saturated carbocycles. The first kappa shape index (κ1) is 17.6. The summed E-state index contributed by atoms with van der Waals surface area (Å²) in [5, 5.41) is 5.57. The fourth-order valence-electron chi connectivity index (χ4n) is 1.99. The van der Waals surface area contributed by atoms with Crippen molar-refractivity contribution in [2.24, 2.45) is 0 Å². The van der Waals surface area contributed by atoms with Crippen molar-refractivity contribution < 1.29 is 14.3 Å². The van der Waals surface area contributed by atoms with Crippen molar-refractivity contribution in [2.75, 3.05) is 12.4 Å². The van der Waals surface area contributed by atoms with E-state index in [4.69, 9.17) is 4.74 Å². The minimum atomic E-state index is -0.448. The number of thioether (sulfide) groups is 1. The molecule has 0 spiro atoms. The fourth-order valence-corrected chi connectivity index (χ4v) is 3.62. The monoisotopic (exact) mass is 349 g/mol. The second kappa shape index (κ2) is 8.17. The Kier molecular flexibility index (Phi) is 6.24. The number of thiophene rings is 1. The second-order valence-electron chi connectivity index (χ2n) is 5.19. The van der Waals surface area contributed by atoms with Crippen LogP contribution in [0, 0.1) is 0 Å². The minimum Gasteiger partial charge on any atom is -0.465 e. The first-order valence-electron chi connectivity index (χ1n) is 7.21. The number of hydrogen-bond donors (Lipinski definition) is 1. The Bertz CT molecular complexity index is 677. The first-order chi connectivity index (χ1) is 11.0. The molecule has 0 aliphatic carbocycles. The number of methoxy groups -OCH3 is 1. The molecule has 4 nitrogen and oxygen atoms in total. The van der Waals surface area contributed by atoms with Crippen molar-refractivity contribution in [3.63, 3.8) is 0 Å². The van der Waals surface area contributed by atoms with Crippen LogP contribution in [0.5, 0.6) is 0 Å². The van der Waals surface area contributed by atoms with E-state index < -0.39 is 5.97 Å². The highest BCUT2D eigenvalue weighted by molar-refractivity contribution is 7.99. The Labute approximate surface area is 144 Å². The number of benzene rings is 1. The Morgan fingerprint density at radius 3 is 2.52 bits per heavy atom. The van der Waals surface area contributed by atoms with Gasteiger partial charge < -0.3 is 10.1 Å². The van der Waals surface area contributed by atoms with Gasteiger partial charge >= 0.3 is 5.97 Å². The zero-order chi connectivity index (χ0) is 16.8. The molecule has 2 aromatic rings. The third-order valence-electron chi connectivity index (χ3n) is 2.98. The molecule has 122 valence electrons. The predicted octanol–water partition coefficient (Wildman–Crippen LogP) is 4.22. The van der Waals surface area contributed by atoms with Gasteiger partial charge in [-0.1, -0.05) is 26.0 Å². The number of ether oxygens (including phenoxy) is 1. The van der Waals surface area contributed by atoms with E-state index in [2.05, 4.69) is 19.2 Å². The van der Waals surface area contributed by atoms with Crippen molar-refractivity contribution in [1.82, 2.24) is 0 Å². The van der Waals surface area contributed by atoms with Crippen LogP contribution in [0.1, 0.15) is 29.8 Å². The van der Waals surface area contributed by atoms with Crippen LogP contribution < -0.4 is 5.32 Å². The molecular formula is C17H19NO3S2. The number of nitrogens with one attached hydrogen (secondary N) is 1. The molecule has 23 heavy (non-hydrogen) atoms. The standard InChI is InChI=1S/C17H19NO3S2/c1-11(2)23-13-6-4-12(5-7-13)10-15(19)18-16-14(8-9-22-16)17(20)21-3/h4-9,11H,10H2,1-3H3,(H,18,19). The summed E-state index contributed by atoms with van der Waals surface area (Å²) in [5.41, 5.74) is 1.32. The van der Waals surface area contributed by atoms with Gasteiger partial charge in [0.1, 0.15) is 5.00 Å². The maximum atomic E-state index is 12.1.